The van der Waals surface area contributed by atoms with Gasteiger partial charge in [-0.1, -0.05) is 0 Å². The van der Waals surface area contributed by atoms with Gasteiger partial charge >= 0.3 is 0 Å². The van der Waals surface area contributed by atoms with Crippen molar-refractivity contribution in [3.63, 3.8) is 0 Å². The molecule has 1 fully saturated rings. The SMILES string of the molecule is N[C@@H]1CCOC1c1ncnc2nc[nH]c12. The fourth-order valence-electron chi connectivity index (χ4n) is 1.89. The number of nitrogens with two attached hydrogens (primary N) is 1. The number of imidazole rings is 1. The molecule has 2 atom stereocenters. The Kier molecular flexibility index (Phi) is 1.90. The number of rotatable bonds is 1. The second kappa shape index (κ2) is 3.25. The first-order valence-corrected chi connectivity index (χ1v) is 4.87. The lowest BCUT2D eigenvalue weighted by Crippen LogP contribution is -2.24. The first-order chi connectivity index (χ1) is 7.36. The van der Waals surface area contributed by atoms with Gasteiger partial charge in [0.15, 0.2) is 5.65 Å². The van der Waals surface area contributed by atoms with Crippen molar-refractivity contribution in [2.75, 3.05) is 6.61 Å². The normalized spacial score (nSPS) is 26.2. The molecular formula is C9H11N5O. The molecule has 0 radical (unpaired) electrons. The van der Waals surface area contributed by atoms with Crippen LogP contribution in [0.3, 0.4) is 0 Å². The van der Waals surface area contributed by atoms with Gasteiger partial charge in [0.2, 0.25) is 0 Å². The number of nitrogens with one attached hydrogen (secondary N) is 1. The summed E-state index contributed by atoms with van der Waals surface area (Å²) in [7, 11) is 0. The predicted octanol–water partition coefficient (Wildman–Crippen LogP) is 0.142. The second-order valence-corrected chi connectivity index (χ2v) is 3.60. The Balaban J connectivity index is 2.13. The predicted molar refractivity (Wildman–Crippen MR) is 53.0 cm³/mol. The van der Waals surface area contributed by atoms with Crippen LogP contribution in [0, 0.1) is 0 Å². The second-order valence-electron chi connectivity index (χ2n) is 3.60. The van der Waals surface area contributed by atoms with E-state index in [1.807, 2.05) is 0 Å². The maximum absolute atomic E-state index is 5.95. The van der Waals surface area contributed by atoms with Crippen molar-refractivity contribution in [2.45, 2.75) is 18.6 Å². The quantitative estimate of drug-likeness (QED) is 0.691. The zero-order valence-electron chi connectivity index (χ0n) is 8.05. The summed E-state index contributed by atoms with van der Waals surface area (Å²) in [5, 5.41) is 0. The van der Waals surface area contributed by atoms with Crippen LogP contribution in [0.25, 0.3) is 11.2 Å². The van der Waals surface area contributed by atoms with E-state index < -0.39 is 0 Å². The molecule has 0 saturated carbocycles. The van der Waals surface area contributed by atoms with Gasteiger partial charge in [-0.15, -0.1) is 0 Å². The Bertz CT molecular complexity index is 482. The third kappa shape index (κ3) is 1.30. The van der Waals surface area contributed by atoms with E-state index in [1.54, 1.807) is 6.33 Å². The lowest BCUT2D eigenvalue weighted by molar-refractivity contribution is 0.103. The molecule has 2 aromatic rings. The van der Waals surface area contributed by atoms with Gasteiger partial charge in [0.1, 0.15) is 17.9 Å². The van der Waals surface area contributed by atoms with Crippen LogP contribution in [0.4, 0.5) is 0 Å². The Hall–Kier alpha value is -1.53. The monoisotopic (exact) mass is 205 g/mol. The summed E-state index contributed by atoms with van der Waals surface area (Å²) in [4.78, 5) is 15.4. The van der Waals surface area contributed by atoms with Crippen molar-refractivity contribution in [3.8, 4) is 0 Å². The molecule has 0 aliphatic carbocycles. The summed E-state index contributed by atoms with van der Waals surface area (Å²) in [6.07, 6.45) is 3.82. The molecule has 0 spiro atoms. The maximum atomic E-state index is 5.95. The van der Waals surface area contributed by atoms with E-state index in [-0.39, 0.29) is 12.1 Å². The highest BCUT2D eigenvalue weighted by Crippen LogP contribution is 2.29. The third-order valence-corrected chi connectivity index (χ3v) is 2.66. The highest BCUT2D eigenvalue weighted by Gasteiger charge is 2.29. The van der Waals surface area contributed by atoms with Crippen LogP contribution in [0.15, 0.2) is 12.7 Å². The minimum absolute atomic E-state index is 0.00593. The van der Waals surface area contributed by atoms with Crippen molar-refractivity contribution in [2.24, 2.45) is 5.73 Å². The molecule has 3 rings (SSSR count). The molecule has 0 amide bonds. The largest absolute Gasteiger partial charge is 0.370 e. The molecule has 0 aromatic carbocycles. The minimum atomic E-state index is -0.143. The first-order valence-electron chi connectivity index (χ1n) is 4.87. The van der Waals surface area contributed by atoms with E-state index >= 15 is 0 Å². The van der Waals surface area contributed by atoms with Crippen molar-refractivity contribution in [1.82, 2.24) is 19.9 Å². The first kappa shape index (κ1) is 8.75. The standard InChI is InChI=1S/C9H11N5O/c10-5-1-2-15-8(5)6-7-9(13-3-11-6)14-4-12-7/h3-5,8H,1-2,10H2,(H,11,12,13,14)/t5-,8?/m1/s1. The number of fused-ring (bicyclic) bond motifs is 1. The third-order valence-electron chi connectivity index (χ3n) is 2.66. The van der Waals surface area contributed by atoms with Crippen LogP contribution in [0.2, 0.25) is 0 Å². The summed E-state index contributed by atoms with van der Waals surface area (Å²) in [5.74, 6) is 0. The molecule has 1 aliphatic rings. The Labute approximate surface area is 85.9 Å². The zero-order chi connectivity index (χ0) is 10.3. The smallest absolute Gasteiger partial charge is 0.180 e. The summed E-state index contributed by atoms with van der Waals surface area (Å²) in [6, 6.07) is 0.00593. The maximum Gasteiger partial charge on any atom is 0.180 e. The van der Waals surface area contributed by atoms with Crippen LogP contribution in [-0.4, -0.2) is 32.6 Å². The number of ether oxygens (including phenoxy) is 1. The molecule has 6 heteroatoms. The van der Waals surface area contributed by atoms with Crippen molar-refractivity contribution >= 4 is 11.2 Å². The molecular weight excluding hydrogens is 194 g/mol. The van der Waals surface area contributed by atoms with Crippen LogP contribution < -0.4 is 5.73 Å². The molecule has 1 unspecified atom stereocenters. The van der Waals surface area contributed by atoms with Crippen molar-refractivity contribution in [3.05, 3.63) is 18.3 Å². The van der Waals surface area contributed by atoms with Crippen LogP contribution in [0.5, 0.6) is 0 Å². The summed E-state index contributed by atoms with van der Waals surface area (Å²) < 4.78 is 5.57. The van der Waals surface area contributed by atoms with Gasteiger partial charge in [-0.2, -0.15) is 0 Å². The van der Waals surface area contributed by atoms with E-state index in [0.29, 0.717) is 12.3 Å². The minimum Gasteiger partial charge on any atom is -0.370 e. The Morgan fingerprint density at radius 2 is 2.33 bits per heavy atom. The van der Waals surface area contributed by atoms with Crippen molar-refractivity contribution in [1.29, 1.82) is 0 Å². The average molecular weight is 205 g/mol. The molecule has 3 heterocycles. The average Bonchev–Trinajstić information content (AvgIpc) is 2.85. The number of aromatic amines is 1. The van der Waals surface area contributed by atoms with Gasteiger partial charge in [0, 0.05) is 12.6 Å². The molecule has 6 nitrogen and oxygen atoms in total. The van der Waals surface area contributed by atoms with Crippen LogP contribution in [0.1, 0.15) is 18.2 Å². The summed E-state index contributed by atoms with van der Waals surface area (Å²) in [6.45, 7) is 0.686. The van der Waals surface area contributed by atoms with Gasteiger partial charge in [-0.05, 0) is 6.42 Å². The van der Waals surface area contributed by atoms with E-state index in [9.17, 15) is 0 Å². The highest BCUT2D eigenvalue weighted by molar-refractivity contribution is 5.72. The number of nitrogens with zero attached hydrogens (tertiary/aromatic N) is 3. The van der Waals surface area contributed by atoms with Crippen molar-refractivity contribution < 1.29 is 4.74 Å². The summed E-state index contributed by atoms with van der Waals surface area (Å²) >= 11 is 0. The van der Waals surface area contributed by atoms with Crippen LogP contribution >= 0.6 is 0 Å². The lowest BCUT2D eigenvalue weighted by atomic mass is 10.1. The molecule has 1 saturated heterocycles. The van der Waals surface area contributed by atoms with E-state index in [2.05, 4.69) is 19.9 Å². The fraction of sp³-hybridized carbons (Fsp3) is 0.444. The number of hydrogen-bond donors (Lipinski definition) is 2. The number of H-pyrrole nitrogens is 1. The molecule has 1 aliphatic heterocycles. The van der Waals surface area contributed by atoms with Gasteiger partial charge in [0.25, 0.3) is 0 Å². The number of aromatic nitrogens is 4. The van der Waals surface area contributed by atoms with E-state index in [1.165, 1.54) is 6.33 Å². The van der Waals surface area contributed by atoms with Crippen LogP contribution in [-0.2, 0) is 4.74 Å². The Morgan fingerprint density at radius 3 is 3.13 bits per heavy atom. The van der Waals surface area contributed by atoms with Gasteiger partial charge < -0.3 is 15.5 Å². The topological polar surface area (TPSA) is 89.7 Å². The van der Waals surface area contributed by atoms with Gasteiger partial charge in [0.05, 0.1) is 12.0 Å². The van der Waals surface area contributed by atoms with E-state index in [4.69, 9.17) is 10.5 Å². The Morgan fingerprint density at radius 1 is 1.40 bits per heavy atom. The fourth-order valence-corrected chi connectivity index (χ4v) is 1.89. The zero-order valence-corrected chi connectivity index (χ0v) is 8.05. The summed E-state index contributed by atoms with van der Waals surface area (Å²) in [5.41, 5.74) is 8.23. The van der Waals surface area contributed by atoms with Gasteiger partial charge in [-0.25, -0.2) is 15.0 Å². The lowest BCUT2D eigenvalue weighted by Gasteiger charge is -2.13. The molecule has 78 valence electrons. The highest BCUT2D eigenvalue weighted by atomic mass is 16.5. The molecule has 3 N–H and O–H groups in total. The molecule has 0 bridgehead atoms. The van der Waals surface area contributed by atoms with Gasteiger partial charge in [-0.3, -0.25) is 0 Å². The molecule has 2 aromatic heterocycles. The number of hydrogen-bond acceptors (Lipinski definition) is 5. The molecule has 15 heavy (non-hydrogen) atoms. The van der Waals surface area contributed by atoms with E-state index in [0.717, 1.165) is 17.6 Å².